The van der Waals surface area contributed by atoms with Gasteiger partial charge in [-0.05, 0) is 68.2 Å². The molecule has 0 saturated carbocycles. The molecule has 0 unspecified atom stereocenters. The molecule has 0 bridgehead atoms. The van der Waals surface area contributed by atoms with Gasteiger partial charge in [0, 0.05) is 41.3 Å². The number of carbonyl (C=O) groups is 2. The largest absolute Gasteiger partial charge is 0.311 e. The van der Waals surface area contributed by atoms with Crippen LogP contribution in [0.3, 0.4) is 0 Å². The van der Waals surface area contributed by atoms with Crippen LogP contribution < -0.4 is 4.90 Å². The number of anilines is 1. The van der Waals surface area contributed by atoms with Gasteiger partial charge in [-0.25, -0.2) is 0 Å². The van der Waals surface area contributed by atoms with Crippen LogP contribution in [-0.2, 0) is 4.79 Å². The molecular weight excluding hydrogens is 383 g/mol. The fraction of sp³-hybridized carbons (Fsp3) is 0.238. The molecule has 2 rings (SSSR count). The summed E-state index contributed by atoms with van der Waals surface area (Å²) < 4.78 is 0. The smallest absolute Gasteiger partial charge is 0.223 e. The van der Waals surface area contributed by atoms with Gasteiger partial charge in [-0.3, -0.25) is 9.59 Å². The van der Waals surface area contributed by atoms with E-state index in [-0.39, 0.29) is 11.7 Å². The lowest BCUT2D eigenvalue weighted by molar-refractivity contribution is -0.116. The van der Waals surface area contributed by atoms with E-state index in [4.69, 9.17) is 23.2 Å². The summed E-state index contributed by atoms with van der Waals surface area (Å²) in [4.78, 5) is 28.0. The van der Waals surface area contributed by atoms with E-state index in [1.165, 1.54) is 13.0 Å². The number of carbonyl (C=O) groups excluding carboxylic acids is 2. The summed E-state index contributed by atoms with van der Waals surface area (Å²) >= 11 is 12.0. The molecule has 0 aromatic heterocycles. The first-order chi connectivity index (χ1) is 12.8. The Morgan fingerprint density at radius 2 is 1.67 bits per heavy atom. The van der Waals surface area contributed by atoms with E-state index < -0.39 is 0 Å². The van der Waals surface area contributed by atoms with E-state index >= 15 is 0 Å². The van der Waals surface area contributed by atoms with Crippen molar-refractivity contribution in [2.24, 2.45) is 0 Å². The van der Waals surface area contributed by atoms with Crippen molar-refractivity contribution in [1.82, 2.24) is 4.90 Å². The number of halogens is 2. The van der Waals surface area contributed by atoms with Crippen molar-refractivity contribution in [2.45, 2.75) is 6.92 Å². The monoisotopic (exact) mass is 404 g/mol. The summed E-state index contributed by atoms with van der Waals surface area (Å²) in [6, 6.07) is 12.1. The SMILES string of the molecule is CC(=O)N(CCN(C)C)c1ccc(C(=O)/C=C/c2ccc(Cl)cc2Cl)cc1. The average Bonchev–Trinajstić information content (AvgIpc) is 2.61. The molecule has 1 amide bonds. The number of allylic oxidation sites excluding steroid dienone is 1. The van der Waals surface area contributed by atoms with Crippen LogP contribution in [0.25, 0.3) is 6.08 Å². The third-order valence-corrected chi connectivity index (χ3v) is 4.55. The van der Waals surface area contributed by atoms with E-state index in [1.807, 2.05) is 19.0 Å². The van der Waals surface area contributed by atoms with E-state index in [1.54, 1.807) is 53.4 Å². The Labute approximate surface area is 170 Å². The molecule has 4 nitrogen and oxygen atoms in total. The molecule has 0 heterocycles. The quantitative estimate of drug-likeness (QED) is 0.491. The van der Waals surface area contributed by atoms with Gasteiger partial charge >= 0.3 is 0 Å². The van der Waals surface area contributed by atoms with E-state index in [2.05, 4.69) is 0 Å². The summed E-state index contributed by atoms with van der Waals surface area (Å²) in [5, 5.41) is 1.03. The second-order valence-corrected chi connectivity index (χ2v) is 7.23. The summed E-state index contributed by atoms with van der Waals surface area (Å²) in [6.07, 6.45) is 3.13. The summed E-state index contributed by atoms with van der Waals surface area (Å²) in [5.74, 6) is -0.177. The highest BCUT2D eigenvalue weighted by atomic mass is 35.5. The van der Waals surface area contributed by atoms with Gasteiger partial charge in [-0.15, -0.1) is 0 Å². The van der Waals surface area contributed by atoms with Crippen molar-refractivity contribution < 1.29 is 9.59 Å². The van der Waals surface area contributed by atoms with Crippen LogP contribution in [0.1, 0.15) is 22.8 Å². The van der Waals surface area contributed by atoms with Gasteiger partial charge in [0.15, 0.2) is 5.78 Å². The van der Waals surface area contributed by atoms with Gasteiger partial charge in [-0.2, -0.15) is 0 Å². The maximum Gasteiger partial charge on any atom is 0.223 e. The Morgan fingerprint density at radius 1 is 1.00 bits per heavy atom. The second kappa shape index (κ2) is 9.70. The molecule has 0 radical (unpaired) electrons. The number of hydrogen-bond donors (Lipinski definition) is 0. The molecule has 0 aliphatic carbocycles. The maximum absolute atomic E-state index is 12.4. The molecule has 27 heavy (non-hydrogen) atoms. The van der Waals surface area contributed by atoms with Gasteiger partial charge in [-0.1, -0.05) is 29.3 Å². The fourth-order valence-electron chi connectivity index (χ4n) is 2.47. The van der Waals surface area contributed by atoms with Crippen LogP contribution >= 0.6 is 23.2 Å². The molecule has 0 fully saturated rings. The van der Waals surface area contributed by atoms with E-state index in [9.17, 15) is 9.59 Å². The first kappa shape index (κ1) is 21.2. The molecule has 0 aliphatic rings. The molecule has 2 aromatic carbocycles. The molecular formula is C21H22Cl2N2O2. The Kier molecular flexibility index (Phi) is 7.60. The normalized spacial score (nSPS) is 11.2. The Morgan fingerprint density at radius 3 is 2.22 bits per heavy atom. The lowest BCUT2D eigenvalue weighted by atomic mass is 10.1. The summed E-state index contributed by atoms with van der Waals surface area (Å²) in [5.41, 5.74) is 2.03. The fourth-order valence-corrected chi connectivity index (χ4v) is 2.94. The number of rotatable bonds is 7. The number of likely N-dealkylation sites (N-methyl/N-ethyl adjacent to an activating group) is 1. The van der Waals surface area contributed by atoms with Crippen molar-refractivity contribution in [3.63, 3.8) is 0 Å². The molecule has 0 spiro atoms. The molecule has 2 aromatic rings. The number of benzene rings is 2. The first-order valence-corrected chi connectivity index (χ1v) is 9.24. The lowest BCUT2D eigenvalue weighted by Crippen LogP contribution is -2.35. The van der Waals surface area contributed by atoms with Crippen LogP contribution in [0, 0.1) is 0 Å². The number of hydrogen-bond acceptors (Lipinski definition) is 3. The number of nitrogens with zero attached hydrogens (tertiary/aromatic N) is 2. The van der Waals surface area contributed by atoms with Crippen LogP contribution in [0.15, 0.2) is 48.5 Å². The molecule has 0 saturated heterocycles. The van der Waals surface area contributed by atoms with Crippen LogP contribution in [-0.4, -0.2) is 43.8 Å². The van der Waals surface area contributed by atoms with Crippen molar-refractivity contribution in [3.05, 3.63) is 69.7 Å². The average molecular weight is 405 g/mol. The predicted molar refractivity (Wildman–Crippen MR) is 113 cm³/mol. The zero-order valence-corrected chi connectivity index (χ0v) is 17.1. The summed E-state index contributed by atoms with van der Waals surface area (Å²) in [6.45, 7) is 2.88. The standard InChI is InChI=1S/C21H22Cl2N2O2/c1-15(26)25(13-12-24(2)3)19-9-5-17(6-10-19)21(27)11-7-16-4-8-18(22)14-20(16)23/h4-11,14H,12-13H2,1-3H3/b11-7+. The van der Waals surface area contributed by atoms with Crippen molar-refractivity contribution in [2.75, 3.05) is 32.1 Å². The number of ketones is 1. The number of amides is 1. The van der Waals surface area contributed by atoms with Gasteiger partial charge in [0.2, 0.25) is 5.91 Å². The topological polar surface area (TPSA) is 40.6 Å². The predicted octanol–water partition coefficient (Wildman–Crippen LogP) is 4.80. The van der Waals surface area contributed by atoms with Crippen molar-refractivity contribution in [1.29, 1.82) is 0 Å². The van der Waals surface area contributed by atoms with Gasteiger partial charge in [0.05, 0.1) is 0 Å². The minimum absolute atomic E-state index is 0.0341. The van der Waals surface area contributed by atoms with Crippen LogP contribution in [0.5, 0.6) is 0 Å². The third-order valence-electron chi connectivity index (χ3n) is 3.99. The van der Waals surface area contributed by atoms with E-state index in [0.717, 1.165) is 17.8 Å². The maximum atomic E-state index is 12.4. The highest BCUT2D eigenvalue weighted by molar-refractivity contribution is 6.35. The molecule has 0 atom stereocenters. The highest BCUT2D eigenvalue weighted by Gasteiger charge is 2.12. The molecule has 142 valence electrons. The Balaban J connectivity index is 2.12. The lowest BCUT2D eigenvalue weighted by Gasteiger charge is -2.23. The molecule has 0 aliphatic heterocycles. The minimum atomic E-state index is -0.143. The Bertz CT molecular complexity index is 846. The van der Waals surface area contributed by atoms with Gasteiger partial charge in [0.25, 0.3) is 0 Å². The third kappa shape index (κ3) is 6.21. The molecule has 6 heteroatoms. The van der Waals surface area contributed by atoms with Crippen LogP contribution in [0.4, 0.5) is 5.69 Å². The zero-order chi connectivity index (χ0) is 20.0. The highest BCUT2D eigenvalue weighted by Crippen LogP contribution is 2.22. The minimum Gasteiger partial charge on any atom is -0.311 e. The zero-order valence-electron chi connectivity index (χ0n) is 15.6. The van der Waals surface area contributed by atoms with Gasteiger partial charge in [0.1, 0.15) is 0 Å². The first-order valence-electron chi connectivity index (χ1n) is 8.48. The van der Waals surface area contributed by atoms with Gasteiger partial charge < -0.3 is 9.80 Å². The van der Waals surface area contributed by atoms with Crippen LogP contribution in [0.2, 0.25) is 10.0 Å². The molecule has 0 N–H and O–H groups in total. The van der Waals surface area contributed by atoms with Crippen molar-refractivity contribution >= 4 is 46.7 Å². The van der Waals surface area contributed by atoms with E-state index in [0.29, 0.717) is 22.2 Å². The van der Waals surface area contributed by atoms with Crippen molar-refractivity contribution in [3.8, 4) is 0 Å². The summed E-state index contributed by atoms with van der Waals surface area (Å²) in [7, 11) is 3.92. The Hall–Kier alpha value is -2.14. The second-order valence-electron chi connectivity index (χ2n) is 6.38.